The number of benzene rings is 6. The van der Waals surface area contributed by atoms with Gasteiger partial charge < -0.3 is 8.80 Å². The third-order valence-electron chi connectivity index (χ3n) is 8.57. The Kier molecular flexibility index (Phi) is 2.78. The van der Waals surface area contributed by atoms with Crippen LogP contribution in [0.2, 0.25) is 0 Å². The van der Waals surface area contributed by atoms with Gasteiger partial charge in [0.25, 0.3) is 0 Å². The fourth-order valence-electron chi connectivity index (χ4n) is 7.26. The molecule has 4 aromatic heterocycles. The van der Waals surface area contributed by atoms with Gasteiger partial charge in [-0.25, -0.2) is 0 Å². The first-order valence-corrected chi connectivity index (χ1v) is 12.6. The van der Waals surface area contributed by atoms with E-state index in [0.717, 1.165) is 0 Å². The van der Waals surface area contributed by atoms with E-state index in [2.05, 4.69) is 118 Å². The van der Waals surface area contributed by atoms with E-state index in [1.165, 1.54) is 87.0 Å². The van der Waals surface area contributed by atoms with Crippen molar-refractivity contribution in [1.29, 1.82) is 0 Å². The Bertz CT molecular complexity index is 2340. The van der Waals surface area contributed by atoms with Crippen LogP contribution >= 0.6 is 0 Å². The first-order valence-electron chi connectivity index (χ1n) is 12.6. The molecule has 0 aliphatic carbocycles. The Morgan fingerprint density at radius 3 is 1.19 bits per heavy atom. The van der Waals surface area contributed by atoms with Crippen molar-refractivity contribution in [2.75, 3.05) is 0 Å². The van der Waals surface area contributed by atoms with E-state index in [9.17, 15) is 0 Å². The van der Waals surface area contributed by atoms with E-state index in [0.29, 0.717) is 0 Å². The SMILES string of the molecule is c1ccc2c(c1)c1cccc3c4c5ccc6c(c5ccc4n2c13)c1cccc2c3ccccc3n6c21. The minimum atomic E-state index is 1.28. The molecule has 0 atom stereocenters. The number of para-hydroxylation sites is 4. The van der Waals surface area contributed by atoms with Crippen LogP contribution < -0.4 is 0 Å². The molecule has 0 unspecified atom stereocenters. The van der Waals surface area contributed by atoms with Crippen molar-refractivity contribution in [1.82, 2.24) is 8.80 Å². The largest absolute Gasteiger partial charge is 0.308 e. The molecule has 0 bridgehead atoms. The molecule has 10 aromatic rings. The minimum Gasteiger partial charge on any atom is -0.308 e. The van der Waals surface area contributed by atoms with Crippen molar-refractivity contribution in [3.8, 4) is 0 Å². The van der Waals surface area contributed by atoms with Crippen LogP contribution in [0.25, 0.3) is 87.0 Å². The standard InChI is InChI=1S/C34H18N2/c1-3-13-27-19(7-1)23-9-5-11-25-31-21-16-18-30-32(22(21)15-17-29(31)35(27)33(23)25)26-12-6-10-24-20-8-2-4-14-28(20)36(30)34(24)26/h1-18H. The summed E-state index contributed by atoms with van der Waals surface area (Å²) in [6.45, 7) is 0. The van der Waals surface area contributed by atoms with Crippen LogP contribution in [0.5, 0.6) is 0 Å². The second kappa shape index (κ2) is 5.69. The molecule has 0 aliphatic heterocycles. The van der Waals surface area contributed by atoms with E-state index >= 15 is 0 Å². The van der Waals surface area contributed by atoms with Gasteiger partial charge in [0.05, 0.1) is 33.1 Å². The first kappa shape index (κ1) is 17.6. The van der Waals surface area contributed by atoms with Gasteiger partial charge in [-0.05, 0) is 35.0 Å². The van der Waals surface area contributed by atoms with Gasteiger partial charge in [-0.3, -0.25) is 0 Å². The maximum absolute atomic E-state index is 2.47. The molecule has 0 aliphatic rings. The molecule has 0 saturated heterocycles. The molecular weight excluding hydrogens is 436 g/mol. The summed E-state index contributed by atoms with van der Waals surface area (Å²) in [6, 6.07) is 40.5. The highest BCUT2D eigenvalue weighted by molar-refractivity contribution is 6.34. The quantitative estimate of drug-likeness (QED) is 0.216. The Hall–Kier alpha value is -4.82. The van der Waals surface area contributed by atoms with Crippen LogP contribution in [0.1, 0.15) is 0 Å². The summed E-state index contributed by atoms with van der Waals surface area (Å²) in [5.74, 6) is 0. The summed E-state index contributed by atoms with van der Waals surface area (Å²) in [5.41, 5.74) is 7.81. The highest BCUT2D eigenvalue weighted by Gasteiger charge is 2.22. The molecular formula is C34H18N2. The van der Waals surface area contributed by atoms with Gasteiger partial charge in [0.15, 0.2) is 0 Å². The minimum absolute atomic E-state index is 1.28. The van der Waals surface area contributed by atoms with Crippen LogP contribution in [0.4, 0.5) is 0 Å². The Morgan fingerprint density at radius 2 is 0.694 bits per heavy atom. The maximum atomic E-state index is 2.47. The number of fused-ring (bicyclic) bond motifs is 15. The van der Waals surface area contributed by atoms with Gasteiger partial charge in [0.2, 0.25) is 0 Å². The molecule has 0 radical (unpaired) electrons. The molecule has 0 amide bonds. The molecule has 36 heavy (non-hydrogen) atoms. The monoisotopic (exact) mass is 454 g/mol. The zero-order chi connectivity index (χ0) is 23.1. The van der Waals surface area contributed by atoms with Crippen molar-refractivity contribution in [3.05, 3.63) is 109 Å². The van der Waals surface area contributed by atoms with Crippen molar-refractivity contribution in [3.63, 3.8) is 0 Å². The molecule has 0 fully saturated rings. The summed E-state index contributed by atoms with van der Waals surface area (Å²) >= 11 is 0. The number of rotatable bonds is 0. The third-order valence-corrected chi connectivity index (χ3v) is 8.57. The molecule has 4 heterocycles. The Labute approximate surface area is 204 Å². The van der Waals surface area contributed by atoms with Crippen LogP contribution in [0.15, 0.2) is 109 Å². The molecule has 164 valence electrons. The lowest BCUT2D eigenvalue weighted by molar-refractivity contribution is 1.37. The number of hydrogen-bond donors (Lipinski definition) is 0. The Balaban J connectivity index is 1.49. The summed E-state index contributed by atoms with van der Waals surface area (Å²) in [7, 11) is 0. The van der Waals surface area contributed by atoms with Crippen LogP contribution in [0, 0.1) is 0 Å². The van der Waals surface area contributed by atoms with Gasteiger partial charge in [-0.15, -0.1) is 0 Å². The van der Waals surface area contributed by atoms with Crippen molar-refractivity contribution < 1.29 is 0 Å². The first-order chi connectivity index (χ1) is 17.9. The topological polar surface area (TPSA) is 8.82 Å². The molecule has 6 aromatic carbocycles. The smallest absolute Gasteiger partial charge is 0.0620 e. The highest BCUT2D eigenvalue weighted by atomic mass is 14.9. The molecule has 10 rings (SSSR count). The van der Waals surface area contributed by atoms with Crippen molar-refractivity contribution in [2.24, 2.45) is 0 Å². The molecule has 0 saturated carbocycles. The summed E-state index contributed by atoms with van der Waals surface area (Å²) in [5, 5.41) is 13.4. The molecule has 2 heteroatoms. The van der Waals surface area contributed by atoms with Crippen LogP contribution in [0.3, 0.4) is 0 Å². The average molecular weight is 455 g/mol. The lowest BCUT2D eigenvalue weighted by Gasteiger charge is -2.06. The normalized spacial score (nSPS) is 13.0. The predicted molar refractivity (Wildman–Crippen MR) is 153 cm³/mol. The van der Waals surface area contributed by atoms with Gasteiger partial charge in [0.1, 0.15) is 0 Å². The van der Waals surface area contributed by atoms with Gasteiger partial charge >= 0.3 is 0 Å². The molecule has 0 N–H and O–H groups in total. The predicted octanol–water partition coefficient (Wildman–Crippen LogP) is 9.14. The second-order valence-electron chi connectivity index (χ2n) is 10.1. The highest BCUT2D eigenvalue weighted by Crippen LogP contribution is 2.45. The lowest BCUT2D eigenvalue weighted by atomic mass is 9.98. The Morgan fingerprint density at radius 1 is 0.278 bits per heavy atom. The van der Waals surface area contributed by atoms with E-state index in [1.807, 2.05) is 0 Å². The summed E-state index contributed by atoms with van der Waals surface area (Å²) in [6.07, 6.45) is 0. The number of aromatic nitrogens is 2. The zero-order valence-corrected chi connectivity index (χ0v) is 19.3. The molecule has 2 nitrogen and oxygen atoms in total. The van der Waals surface area contributed by atoms with Crippen molar-refractivity contribution in [2.45, 2.75) is 0 Å². The van der Waals surface area contributed by atoms with E-state index in [4.69, 9.17) is 0 Å². The zero-order valence-electron chi connectivity index (χ0n) is 19.3. The van der Waals surface area contributed by atoms with E-state index < -0.39 is 0 Å². The van der Waals surface area contributed by atoms with Crippen LogP contribution in [-0.4, -0.2) is 8.80 Å². The number of nitrogens with zero attached hydrogens (tertiary/aromatic N) is 2. The molecule has 0 spiro atoms. The van der Waals surface area contributed by atoms with Gasteiger partial charge in [-0.1, -0.05) is 84.9 Å². The average Bonchev–Trinajstić information content (AvgIpc) is 3.66. The fourth-order valence-corrected chi connectivity index (χ4v) is 7.26. The second-order valence-corrected chi connectivity index (χ2v) is 10.1. The third kappa shape index (κ3) is 1.75. The van der Waals surface area contributed by atoms with Gasteiger partial charge in [0, 0.05) is 43.1 Å². The van der Waals surface area contributed by atoms with E-state index in [-0.39, 0.29) is 0 Å². The lowest BCUT2D eigenvalue weighted by Crippen LogP contribution is -1.83. The van der Waals surface area contributed by atoms with Crippen LogP contribution in [-0.2, 0) is 0 Å². The maximum Gasteiger partial charge on any atom is 0.0620 e. The fraction of sp³-hybridized carbons (Fsp3) is 0. The summed E-state index contributed by atoms with van der Waals surface area (Å²) in [4.78, 5) is 0. The number of hydrogen-bond acceptors (Lipinski definition) is 0. The van der Waals surface area contributed by atoms with Gasteiger partial charge in [-0.2, -0.15) is 0 Å². The van der Waals surface area contributed by atoms with E-state index in [1.54, 1.807) is 0 Å². The van der Waals surface area contributed by atoms with Crippen molar-refractivity contribution >= 4 is 87.0 Å². The summed E-state index contributed by atoms with van der Waals surface area (Å²) < 4.78 is 4.94.